The first-order valence-corrected chi connectivity index (χ1v) is 4.95. The summed E-state index contributed by atoms with van der Waals surface area (Å²) < 4.78 is 13.1. The third kappa shape index (κ3) is 2.38. The Balaban J connectivity index is 3.27. The van der Waals surface area contributed by atoms with Gasteiger partial charge >= 0.3 is 0 Å². The summed E-state index contributed by atoms with van der Waals surface area (Å²) in [5, 5.41) is -0.884. The van der Waals surface area contributed by atoms with E-state index in [2.05, 4.69) is 0 Å². The molecule has 0 fully saturated rings. The molecule has 1 aromatic carbocycles. The zero-order valence-electron chi connectivity index (χ0n) is 7.15. The maximum absolute atomic E-state index is 13.1. The predicted molar refractivity (Wildman–Crippen MR) is 56.1 cm³/mol. The van der Waals surface area contributed by atoms with E-state index >= 15 is 0 Å². The smallest absolute Gasteiger partial charge is 0.182 e. The van der Waals surface area contributed by atoms with Gasteiger partial charge in [0.05, 0.1) is 10.4 Å². The van der Waals surface area contributed by atoms with Crippen LogP contribution in [0.2, 0.25) is 10.0 Å². The number of alkyl halides is 1. The van der Waals surface area contributed by atoms with Gasteiger partial charge < -0.3 is 0 Å². The van der Waals surface area contributed by atoms with E-state index in [4.69, 9.17) is 34.8 Å². The number of carbonyl (C=O) groups excluding carboxylic acids is 1. The number of benzene rings is 1. The van der Waals surface area contributed by atoms with Gasteiger partial charge in [-0.2, -0.15) is 0 Å². The second-order valence-electron chi connectivity index (χ2n) is 2.73. The standard InChI is InChI=1S/C9H6Cl3FO/c1-4(10)9(14)6-2-5(11)3-7(13)8(6)12/h2-4H,1H3. The van der Waals surface area contributed by atoms with Crippen molar-refractivity contribution in [3.05, 3.63) is 33.6 Å². The van der Waals surface area contributed by atoms with Crippen LogP contribution >= 0.6 is 34.8 Å². The fraction of sp³-hybridized carbons (Fsp3) is 0.222. The van der Waals surface area contributed by atoms with E-state index in [1.54, 1.807) is 0 Å². The van der Waals surface area contributed by atoms with Gasteiger partial charge in [0.2, 0.25) is 0 Å². The van der Waals surface area contributed by atoms with Gasteiger partial charge in [0.25, 0.3) is 0 Å². The Morgan fingerprint density at radius 3 is 2.50 bits per heavy atom. The van der Waals surface area contributed by atoms with Crippen molar-refractivity contribution in [1.29, 1.82) is 0 Å². The minimum atomic E-state index is -0.759. The molecule has 0 aliphatic carbocycles. The van der Waals surface area contributed by atoms with Crippen LogP contribution in [0.4, 0.5) is 4.39 Å². The molecule has 1 nitrogen and oxygen atoms in total. The minimum Gasteiger partial charge on any atom is -0.292 e. The van der Waals surface area contributed by atoms with Crippen LogP contribution in [-0.4, -0.2) is 11.2 Å². The number of hydrogen-bond acceptors (Lipinski definition) is 1. The summed E-state index contributed by atoms with van der Waals surface area (Å²) in [7, 11) is 0. The van der Waals surface area contributed by atoms with E-state index in [0.29, 0.717) is 0 Å². The minimum absolute atomic E-state index is 0.0131. The average Bonchev–Trinajstić information content (AvgIpc) is 2.09. The van der Waals surface area contributed by atoms with Gasteiger partial charge in [0.15, 0.2) is 5.78 Å². The van der Waals surface area contributed by atoms with Crippen LogP contribution in [0.5, 0.6) is 0 Å². The van der Waals surface area contributed by atoms with E-state index in [9.17, 15) is 9.18 Å². The van der Waals surface area contributed by atoms with Gasteiger partial charge in [-0.1, -0.05) is 23.2 Å². The van der Waals surface area contributed by atoms with Crippen LogP contribution in [0.25, 0.3) is 0 Å². The number of halogens is 4. The van der Waals surface area contributed by atoms with Crippen LogP contribution in [0.1, 0.15) is 17.3 Å². The van der Waals surface area contributed by atoms with E-state index in [0.717, 1.165) is 6.07 Å². The van der Waals surface area contributed by atoms with Crippen molar-refractivity contribution in [2.45, 2.75) is 12.3 Å². The molecule has 0 heterocycles. The van der Waals surface area contributed by atoms with E-state index in [1.165, 1.54) is 13.0 Å². The zero-order valence-corrected chi connectivity index (χ0v) is 9.42. The maximum Gasteiger partial charge on any atom is 0.182 e. The normalized spacial score (nSPS) is 12.6. The molecule has 0 saturated carbocycles. The highest BCUT2D eigenvalue weighted by Gasteiger charge is 2.18. The van der Waals surface area contributed by atoms with Gasteiger partial charge in [-0.15, -0.1) is 11.6 Å². The molecule has 76 valence electrons. The van der Waals surface area contributed by atoms with Crippen LogP contribution in [0.15, 0.2) is 12.1 Å². The molecule has 0 aliphatic rings. The number of hydrogen-bond donors (Lipinski definition) is 0. The molecule has 0 spiro atoms. The van der Waals surface area contributed by atoms with Crippen molar-refractivity contribution >= 4 is 40.6 Å². The van der Waals surface area contributed by atoms with Crippen LogP contribution in [0.3, 0.4) is 0 Å². The Morgan fingerprint density at radius 2 is 2.00 bits per heavy atom. The largest absolute Gasteiger partial charge is 0.292 e. The third-order valence-corrected chi connectivity index (χ3v) is 2.42. The fourth-order valence-electron chi connectivity index (χ4n) is 0.950. The molecule has 5 heteroatoms. The molecule has 0 aliphatic heterocycles. The molecular weight excluding hydrogens is 249 g/mol. The Morgan fingerprint density at radius 1 is 1.43 bits per heavy atom. The molecule has 1 atom stereocenters. The lowest BCUT2D eigenvalue weighted by Crippen LogP contribution is -2.11. The highest BCUT2D eigenvalue weighted by molar-refractivity contribution is 6.39. The van der Waals surface area contributed by atoms with Gasteiger partial charge in [-0.3, -0.25) is 4.79 Å². The van der Waals surface area contributed by atoms with Crippen molar-refractivity contribution < 1.29 is 9.18 Å². The molecule has 0 radical (unpaired) electrons. The molecule has 1 rings (SSSR count). The van der Waals surface area contributed by atoms with Crippen LogP contribution in [0, 0.1) is 5.82 Å². The van der Waals surface area contributed by atoms with Crippen molar-refractivity contribution in [3.8, 4) is 0 Å². The topological polar surface area (TPSA) is 17.1 Å². The monoisotopic (exact) mass is 254 g/mol. The van der Waals surface area contributed by atoms with Crippen molar-refractivity contribution in [3.63, 3.8) is 0 Å². The molecule has 0 aromatic heterocycles. The van der Waals surface area contributed by atoms with Gasteiger partial charge in [0, 0.05) is 10.6 Å². The number of ketones is 1. The maximum atomic E-state index is 13.1. The Hall–Kier alpha value is -0.310. The second-order valence-corrected chi connectivity index (χ2v) is 4.20. The van der Waals surface area contributed by atoms with Crippen molar-refractivity contribution in [1.82, 2.24) is 0 Å². The van der Waals surface area contributed by atoms with E-state index in [-0.39, 0.29) is 15.6 Å². The first kappa shape index (κ1) is 11.8. The molecule has 0 bridgehead atoms. The van der Waals surface area contributed by atoms with Gasteiger partial charge in [0.1, 0.15) is 5.82 Å². The van der Waals surface area contributed by atoms with Crippen molar-refractivity contribution in [2.24, 2.45) is 0 Å². The lowest BCUT2D eigenvalue weighted by molar-refractivity contribution is 0.0991. The Labute approximate surface area is 95.8 Å². The summed E-state index contributed by atoms with van der Waals surface area (Å²) in [4.78, 5) is 11.4. The quantitative estimate of drug-likeness (QED) is 0.444. The first-order valence-electron chi connectivity index (χ1n) is 3.76. The molecule has 0 saturated heterocycles. The number of rotatable bonds is 2. The number of carbonyl (C=O) groups is 1. The second kappa shape index (κ2) is 4.47. The summed E-state index contributed by atoms with van der Waals surface area (Å²) in [5.41, 5.74) is 0.0131. The molecule has 1 aromatic rings. The Kier molecular flexibility index (Phi) is 3.76. The zero-order chi connectivity index (χ0) is 10.9. The van der Waals surface area contributed by atoms with Gasteiger partial charge in [-0.05, 0) is 19.1 Å². The Bertz CT molecular complexity index is 377. The molecule has 0 N–H and O–H groups in total. The summed E-state index contributed by atoms with van der Waals surface area (Å²) in [6, 6.07) is 2.34. The lowest BCUT2D eigenvalue weighted by atomic mass is 10.1. The molecule has 0 amide bonds. The summed E-state index contributed by atoms with van der Waals surface area (Å²) in [5.74, 6) is -1.17. The predicted octanol–water partition coefficient (Wildman–Crippen LogP) is 3.94. The third-order valence-electron chi connectivity index (χ3n) is 1.62. The molecule has 14 heavy (non-hydrogen) atoms. The van der Waals surface area contributed by atoms with Crippen LogP contribution in [-0.2, 0) is 0 Å². The SMILES string of the molecule is CC(Cl)C(=O)c1cc(Cl)cc(F)c1Cl. The lowest BCUT2D eigenvalue weighted by Gasteiger charge is -2.06. The molecule has 1 unspecified atom stereocenters. The molecular formula is C9H6Cl3FO. The van der Waals surface area contributed by atoms with Gasteiger partial charge in [-0.25, -0.2) is 4.39 Å². The summed E-state index contributed by atoms with van der Waals surface area (Å²) in [6.45, 7) is 1.49. The summed E-state index contributed by atoms with van der Waals surface area (Å²) in [6.07, 6.45) is 0. The highest BCUT2D eigenvalue weighted by atomic mass is 35.5. The number of Topliss-reactive ketones (excluding diaryl/α,β-unsaturated/α-hetero) is 1. The summed E-state index contributed by atoms with van der Waals surface area (Å²) >= 11 is 16.7. The van der Waals surface area contributed by atoms with Crippen molar-refractivity contribution in [2.75, 3.05) is 0 Å². The van der Waals surface area contributed by atoms with Crippen LogP contribution < -0.4 is 0 Å². The average molecular weight is 256 g/mol. The fourth-order valence-corrected chi connectivity index (χ4v) is 1.47. The van der Waals surface area contributed by atoms with E-state index < -0.39 is 17.0 Å². The first-order chi connectivity index (χ1) is 6.43. The highest BCUT2D eigenvalue weighted by Crippen LogP contribution is 2.26. The van der Waals surface area contributed by atoms with E-state index in [1.807, 2.05) is 0 Å².